The zero-order chi connectivity index (χ0) is 12.6. The van der Waals surface area contributed by atoms with Gasteiger partial charge in [0.25, 0.3) is 10.0 Å². The Kier molecular flexibility index (Phi) is 8.70. The molecule has 94 valence electrons. The summed E-state index contributed by atoms with van der Waals surface area (Å²) in [6, 6.07) is 0. The van der Waals surface area contributed by atoms with Gasteiger partial charge in [-0.3, -0.25) is 0 Å². The largest absolute Gasteiger partial charge is 0.444 e. The van der Waals surface area contributed by atoms with Gasteiger partial charge >= 0.3 is 18.6 Å². The van der Waals surface area contributed by atoms with Gasteiger partial charge < -0.3 is 16.5 Å². The minimum Gasteiger partial charge on any atom is -0.444 e. The summed E-state index contributed by atoms with van der Waals surface area (Å²) in [7, 11) is -5.19. The highest BCUT2D eigenvalue weighted by atomic mass is 28.4. The summed E-state index contributed by atoms with van der Waals surface area (Å²) < 4.78 is 22.4. The van der Waals surface area contributed by atoms with Gasteiger partial charge in [-0.15, -0.1) is 13.2 Å². The Labute approximate surface area is 108 Å². The Morgan fingerprint density at radius 1 is 1.19 bits per heavy atom. The molecular formula is C7H22O4Si5. The first-order valence-corrected chi connectivity index (χ1v) is 13.7. The van der Waals surface area contributed by atoms with Crippen LogP contribution in [-0.2, 0) is 16.5 Å². The summed E-state index contributed by atoms with van der Waals surface area (Å²) in [5.74, 6) is 0. The molecule has 0 saturated carbocycles. The maximum Gasteiger partial charge on any atom is 0.329 e. The van der Waals surface area contributed by atoms with Gasteiger partial charge in [0.05, 0.1) is 0 Å². The molecule has 0 amide bonds. The monoisotopic (exact) mass is 310 g/mol. The summed E-state index contributed by atoms with van der Waals surface area (Å²) in [4.78, 5) is 0. The van der Waals surface area contributed by atoms with Gasteiger partial charge in [-0.05, 0) is 19.6 Å². The lowest BCUT2D eigenvalue weighted by Crippen LogP contribution is -2.36. The second-order valence-corrected chi connectivity index (χ2v) is 16.5. The summed E-state index contributed by atoms with van der Waals surface area (Å²) in [5.41, 5.74) is 3.53. The summed E-state index contributed by atoms with van der Waals surface area (Å²) >= 11 is 0. The van der Waals surface area contributed by atoms with Crippen molar-refractivity contribution in [3.8, 4) is 0 Å². The van der Waals surface area contributed by atoms with E-state index in [9.17, 15) is 0 Å². The molecule has 2 unspecified atom stereocenters. The van der Waals surface area contributed by atoms with Crippen molar-refractivity contribution in [3.63, 3.8) is 0 Å². The predicted octanol–water partition coefficient (Wildman–Crippen LogP) is -0.942. The molecule has 0 bridgehead atoms. The molecule has 0 aromatic rings. The first-order chi connectivity index (χ1) is 7.42. The zero-order valence-corrected chi connectivity index (χ0v) is 17.3. The van der Waals surface area contributed by atoms with E-state index in [1.165, 1.54) is 0 Å². The number of hydrogen-bond donors (Lipinski definition) is 0. The molecule has 16 heavy (non-hydrogen) atoms. The molecule has 0 spiro atoms. The van der Waals surface area contributed by atoms with Crippen LogP contribution >= 0.6 is 0 Å². The minimum absolute atomic E-state index is 0.672. The van der Waals surface area contributed by atoms with E-state index in [1.807, 2.05) is 0 Å². The molecule has 4 nitrogen and oxygen atoms in total. The molecule has 0 fully saturated rings. The second-order valence-electron chi connectivity index (χ2n) is 4.12. The Morgan fingerprint density at radius 3 is 2.12 bits per heavy atom. The van der Waals surface area contributed by atoms with Gasteiger partial charge in [-0.25, -0.2) is 0 Å². The van der Waals surface area contributed by atoms with Crippen LogP contribution in [0.4, 0.5) is 0 Å². The van der Waals surface area contributed by atoms with Crippen LogP contribution in [0.15, 0.2) is 24.6 Å². The fourth-order valence-electron chi connectivity index (χ4n) is 0.780. The SMILES string of the molecule is C=C[SiH](O[SiH3])O[SiH](C=C)O[SiH2]O[Si](C)(C)C. The molecule has 0 rings (SSSR count). The first kappa shape index (κ1) is 16.4. The van der Waals surface area contributed by atoms with Crippen LogP contribution < -0.4 is 0 Å². The van der Waals surface area contributed by atoms with E-state index in [1.54, 1.807) is 11.4 Å². The fraction of sp³-hybridized carbons (Fsp3) is 0.429. The van der Waals surface area contributed by atoms with Crippen LogP contribution in [0.1, 0.15) is 0 Å². The molecule has 0 radical (unpaired) electrons. The predicted molar refractivity (Wildman–Crippen MR) is 80.9 cm³/mol. The van der Waals surface area contributed by atoms with Gasteiger partial charge in [0.15, 0.2) is 8.32 Å². The quantitative estimate of drug-likeness (QED) is 0.515. The Hall–Kier alpha value is 0.404. The van der Waals surface area contributed by atoms with Crippen LogP contribution in [0.5, 0.6) is 0 Å². The number of rotatable bonds is 9. The van der Waals surface area contributed by atoms with Crippen molar-refractivity contribution in [1.82, 2.24) is 0 Å². The molecule has 0 aliphatic carbocycles. The van der Waals surface area contributed by atoms with Crippen LogP contribution in [0, 0.1) is 0 Å². The van der Waals surface area contributed by atoms with Gasteiger partial charge in [0, 0.05) is 0 Å². The third-order valence-corrected chi connectivity index (χ3v) is 12.2. The molecule has 0 aromatic carbocycles. The smallest absolute Gasteiger partial charge is 0.329 e. The molecular weight excluding hydrogens is 289 g/mol. The normalized spacial score (nSPS) is 16.4. The fourth-order valence-corrected chi connectivity index (χ4v) is 9.34. The van der Waals surface area contributed by atoms with E-state index >= 15 is 0 Å². The molecule has 0 N–H and O–H groups in total. The average molecular weight is 311 g/mol. The number of hydrogen-bond acceptors (Lipinski definition) is 4. The van der Waals surface area contributed by atoms with Crippen molar-refractivity contribution < 1.29 is 16.5 Å². The third kappa shape index (κ3) is 8.54. The van der Waals surface area contributed by atoms with E-state index in [2.05, 4.69) is 32.8 Å². The Bertz CT molecular complexity index is 219. The topological polar surface area (TPSA) is 36.9 Å². The molecule has 0 heterocycles. The maximum absolute atomic E-state index is 5.73. The van der Waals surface area contributed by atoms with Gasteiger partial charge in [0.2, 0.25) is 0 Å². The van der Waals surface area contributed by atoms with Crippen molar-refractivity contribution >= 4 is 47.4 Å². The van der Waals surface area contributed by atoms with E-state index in [-0.39, 0.29) is 0 Å². The average Bonchev–Trinajstić information content (AvgIpc) is 2.21. The maximum atomic E-state index is 5.73. The van der Waals surface area contributed by atoms with Gasteiger partial charge in [0.1, 0.15) is 10.5 Å². The van der Waals surface area contributed by atoms with Crippen molar-refractivity contribution in [2.24, 2.45) is 0 Å². The van der Waals surface area contributed by atoms with Crippen molar-refractivity contribution in [2.45, 2.75) is 19.6 Å². The van der Waals surface area contributed by atoms with Crippen molar-refractivity contribution in [2.75, 3.05) is 0 Å². The van der Waals surface area contributed by atoms with Crippen LogP contribution in [0.3, 0.4) is 0 Å². The van der Waals surface area contributed by atoms with E-state index in [4.69, 9.17) is 16.5 Å². The highest BCUT2D eigenvalue weighted by Crippen LogP contribution is 2.02. The molecule has 0 aromatic heterocycles. The lowest BCUT2D eigenvalue weighted by atomic mass is 11.3. The summed E-state index contributed by atoms with van der Waals surface area (Å²) in [6.45, 7) is 13.9. The zero-order valence-electron chi connectivity index (χ0n) is 10.6. The van der Waals surface area contributed by atoms with Crippen LogP contribution in [0.2, 0.25) is 19.6 Å². The molecule has 0 aliphatic rings. The highest BCUT2D eigenvalue weighted by Gasteiger charge is 2.18. The molecule has 0 aliphatic heterocycles. The van der Waals surface area contributed by atoms with Crippen LogP contribution in [0.25, 0.3) is 0 Å². The van der Waals surface area contributed by atoms with E-state index in [0.717, 1.165) is 0 Å². The Morgan fingerprint density at radius 2 is 1.75 bits per heavy atom. The third-order valence-electron chi connectivity index (χ3n) is 1.61. The van der Waals surface area contributed by atoms with Crippen molar-refractivity contribution in [3.05, 3.63) is 24.6 Å². The molecule has 0 saturated heterocycles. The molecule has 9 heteroatoms. The van der Waals surface area contributed by atoms with Crippen molar-refractivity contribution in [1.29, 1.82) is 0 Å². The lowest BCUT2D eigenvalue weighted by Gasteiger charge is -2.21. The highest BCUT2D eigenvalue weighted by molar-refractivity contribution is 6.74. The molecule has 2 atom stereocenters. The van der Waals surface area contributed by atoms with E-state index < -0.39 is 36.9 Å². The first-order valence-electron chi connectivity index (χ1n) is 5.12. The Balaban J connectivity index is 3.92. The van der Waals surface area contributed by atoms with Crippen LogP contribution in [-0.4, -0.2) is 47.4 Å². The van der Waals surface area contributed by atoms with Gasteiger partial charge in [-0.2, -0.15) is 0 Å². The summed E-state index contributed by atoms with van der Waals surface area (Å²) in [5, 5.41) is 0. The lowest BCUT2D eigenvalue weighted by molar-refractivity contribution is 0.376. The standard InChI is InChI=1S/C7H22O4Si5/c1-6-14(8-12)11-15(7-2)9-13-10-16(3,4)5/h6-7,14-15H,1-2,13H2,3-5,12H3. The minimum atomic E-state index is -1.79. The van der Waals surface area contributed by atoms with Gasteiger partial charge in [-0.1, -0.05) is 11.4 Å². The summed E-state index contributed by atoms with van der Waals surface area (Å²) in [6.07, 6.45) is 0. The second kappa shape index (κ2) is 8.49. The van der Waals surface area contributed by atoms with E-state index in [0.29, 0.717) is 10.5 Å².